The smallest absolute Gasteiger partial charge is 0.317 e. The minimum Gasteiger partial charge on any atom is -0.335 e. The Bertz CT molecular complexity index is 732. The van der Waals surface area contributed by atoms with Crippen molar-refractivity contribution in [2.75, 3.05) is 13.1 Å². The normalized spacial score (nSPS) is 19.2. The molecule has 0 bridgehead atoms. The molecule has 144 valence electrons. The van der Waals surface area contributed by atoms with Crippen LogP contribution in [0.2, 0.25) is 0 Å². The second-order valence-electron chi connectivity index (χ2n) is 7.76. The van der Waals surface area contributed by atoms with Crippen molar-refractivity contribution >= 4 is 6.03 Å². The Morgan fingerprint density at radius 1 is 1.11 bits per heavy atom. The van der Waals surface area contributed by atoms with E-state index in [4.69, 9.17) is 0 Å². The highest BCUT2D eigenvalue weighted by Gasteiger charge is 2.25. The van der Waals surface area contributed by atoms with E-state index in [0.717, 1.165) is 62.4 Å². The average Bonchev–Trinajstić information content (AvgIpc) is 3.18. The number of hydrogen-bond acceptors (Lipinski definition) is 4. The molecule has 0 unspecified atom stereocenters. The van der Waals surface area contributed by atoms with Crippen molar-refractivity contribution in [3.8, 4) is 11.4 Å². The second kappa shape index (κ2) is 8.50. The number of aromatic amines is 1. The fourth-order valence-corrected chi connectivity index (χ4v) is 4.14. The molecule has 2 aliphatic rings. The zero-order chi connectivity index (χ0) is 18.5. The lowest BCUT2D eigenvalue weighted by atomic mass is 9.93. The highest BCUT2D eigenvalue weighted by Crippen LogP contribution is 2.23. The van der Waals surface area contributed by atoms with E-state index in [-0.39, 0.29) is 6.03 Å². The average molecular weight is 368 g/mol. The summed E-state index contributed by atoms with van der Waals surface area (Å²) in [5.74, 6) is 2.19. The molecule has 0 atom stereocenters. The molecule has 1 saturated heterocycles. The zero-order valence-electron chi connectivity index (χ0n) is 15.7. The van der Waals surface area contributed by atoms with Gasteiger partial charge in [-0.25, -0.2) is 9.78 Å². The number of rotatable bonds is 4. The van der Waals surface area contributed by atoms with Gasteiger partial charge in [0.2, 0.25) is 0 Å². The molecule has 0 radical (unpaired) electrons. The van der Waals surface area contributed by atoms with Gasteiger partial charge in [0.1, 0.15) is 5.82 Å². The van der Waals surface area contributed by atoms with Gasteiger partial charge in [-0.2, -0.15) is 5.10 Å². The largest absolute Gasteiger partial charge is 0.335 e. The molecular formula is C20H28N6O. The van der Waals surface area contributed by atoms with Crippen LogP contribution in [-0.2, 0) is 6.42 Å². The van der Waals surface area contributed by atoms with E-state index in [2.05, 4.69) is 25.5 Å². The van der Waals surface area contributed by atoms with E-state index in [1.54, 1.807) is 12.4 Å². The van der Waals surface area contributed by atoms with Gasteiger partial charge in [0, 0.05) is 43.5 Å². The molecule has 4 rings (SSSR count). The van der Waals surface area contributed by atoms with Crippen LogP contribution in [0.15, 0.2) is 24.5 Å². The molecule has 2 aromatic rings. The predicted octanol–water partition coefficient (Wildman–Crippen LogP) is 3.16. The summed E-state index contributed by atoms with van der Waals surface area (Å²) in [4.78, 5) is 23.1. The Balaban J connectivity index is 1.25. The van der Waals surface area contributed by atoms with Crippen molar-refractivity contribution in [3.63, 3.8) is 0 Å². The van der Waals surface area contributed by atoms with E-state index in [0.29, 0.717) is 12.0 Å². The first kappa shape index (κ1) is 17.9. The second-order valence-corrected chi connectivity index (χ2v) is 7.76. The summed E-state index contributed by atoms with van der Waals surface area (Å²) in [6, 6.07) is 4.33. The maximum absolute atomic E-state index is 12.5. The molecule has 2 amide bonds. The number of likely N-dealkylation sites (tertiary alicyclic amines) is 1. The lowest BCUT2D eigenvalue weighted by Crippen LogP contribution is -2.48. The van der Waals surface area contributed by atoms with Crippen molar-refractivity contribution in [2.24, 2.45) is 5.92 Å². The van der Waals surface area contributed by atoms with Crippen molar-refractivity contribution in [2.45, 2.75) is 57.4 Å². The number of carbonyl (C=O) groups is 1. The van der Waals surface area contributed by atoms with Gasteiger partial charge in [-0.15, -0.1) is 0 Å². The summed E-state index contributed by atoms with van der Waals surface area (Å²) < 4.78 is 0. The molecule has 0 spiro atoms. The Hall–Kier alpha value is -2.44. The zero-order valence-corrected chi connectivity index (χ0v) is 15.7. The lowest BCUT2D eigenvalue weighted by molar-refractivity contribution is 0.164. The summed E-state index contributed by atoms with van der Waals surface area (Å²) in [5.41, 5.74) is 0.974. The Morgan fingerprint density at radius 3 is 2.59 bits per heavy atom. The molecule has 2 N–H and O–H groups in total. The fourth-order valence-electron chi connectivity index (χ4n) is 4.14. The van der Waals surface area contributed by atoms with Crippen LogP contribution in [0.5, 0.6) is 0 Å². The van der Waals surface area contributed by atoms with Gasteiger partial charge < -0.3 is 10.2 Å². The molecule has 2 aromatic heterocycles. The fraction of sp³-hybridized carbons (Fsp3) is 0.600. The van der Waals surface area contributed by atoms with Crippen LogP contribution in [0.1, 0.15) is 50.8 Å². The van der Waals surface area contributed by atoms with E-state index in [9.17, 15) is 4.79 Å². The van der Waals surface area contributed by atoms with E-state index in [1.807, 2.05) is 17.0 Å². The molecule has 1 aliphatic carbocycles. The quantitative estimate of drug-likeness (QED) is 0.868. The van der Waals surface area contributed by atoms with Crippen molar-refractivity contribution in [3.05, 3.63) is 30.4 Å². The maximum atomic E-state index is 12.5. The summed E-state index contributed by atoms with van der Waals surface area (Å²) >= 11 is 0. The van der Waals surface area contributed by atoms with Gasteiger partial charge in [0.15, 0.2) is 5.82 Å². The molecule has 1 aliphatic heterocycles. The van der Waals surface area contributed by atoms with Crippen LogP contribution >= 0.6 is 0 Å². The number of H-pyrrole nitrogens is 1. The van der Waals surface area contributed by atoms with Crippen LogP contribution in [0, 0.1) is 5.92 Å². The Labute approximate surface area is 160 Å². The minimum absolute atomic E-state index is 0.125. The van der Waals surface area contributed by atoms with Gasteiger partial charge in [-0.3, -0.25) is 10.1 Å². The van der Waals surface area contributed by atoms with Crippen molar-refractivity contribution in [1.82, 2.24) is 30.4 Å². The molecule has 7 heteroatoms. The molecule has 0 aromatic carbocycles. The topological polar surface area (TPSA) is 86.8 Å². The van der Waals surface area contributed by atoms with Crippen LogP contribution < -0.4 is 5.32 Å². The highest BCUT2D eigenvalue weighted by molar-refractivity contribution is 5.74. The van der Waals surface area contributed by atoms with Gasteiger partial charge in [-0.1, -0.05) is 19.3 Å². The van der Waals surface area contributed by atoms with Gasteiger partial charge in [-0.05, 0) is 43.7 Å². The third kappa shape index (κ3) is 4.64. The van der Waals surface area contributed by atoms with E-state index in [1.165, 1.54) is 19.3 Å². The summed E-state index contributed by atoms with van der Waals surface area (Å²) in [7, 11) is 0. The third-order valence-corrected chi connectivity index (χ3v) is 5.79. The summed E-state index contributed by atoms with van der Waals surface area (Å²) in [6.07, 6.45) is 12.5. The van der Waals surface area contributed by atoms with Crippen LogP contribution in [0.4, 0.5) is 4.79 Å². The number of hydrogen-bond donors (Lipinski definition) is 2. The third-order valence-electron chi connectivity index (χ3n) is 5.79. The van der Waals surface area contributed by atoms with Crippen molar-refractivity contribution in [1.29, 1.82) is 0 Å². The standard InChI is InChI=1S/C20H28N6O/c27-20(22-17-4-2-1-3-5-17)26-12-8-15(9-13-26)14-18-23-19(25-24-18)16-6-10-21-11-7-16/h6-7,10-11,15,17H,1-5,8-9,12-14H2,(H,22,27)(H,23,24,25). The number of nitrogens with one attached hydrogen (secondary N) is 2. The van der Waals surface area contributed by atoms with Gasteiger partial charge in [0.05, 0.1) is 0 Å². The first-order chi connectivity index (χ1) is 13.3. The number of piperidine rings is 1. The molecule has 1 saturated carbocycles. The summed E-state index contributed by atoms with van der Waals surface area (Å²) in [5, 5.41) is 10.6. The number of carbonyl (C=O) groups excluding carboxylic acids is 1. The molecule has 2 fully saturated rings. The first-order valence-corrected chi connectivity index (χ1v) is 10.1. The molecule has 3 heterocycles. The SMILES string of the molecule is O=C(NC1CCCCC1)N1CCC(Cc2nc(-c3ccncc3)n[nH]2)CC1. The van der Waals surface area contributed by atoms with Crippen LogP contribution in [0.25, 0.3) is 11.4 Å². The van der Waals surface area contributed by atoms with E-state index < -0.39 is 0 Å². The number of pyridine rings is 1. The monoisotopic (exact) mass is 368 g/mol. The minimum atomic E-state index is 0.125. The Morgan fingerprint density at radius 2 is 1.85 bits per heavy atom. The molecular weight excluding hydrogens is 340 g/mol. The van der Waals surface area contributed by atoms with Crippen LogP contribution in [0.3, 0.4) is 0 Å². The number of amides is 2. The molecule has 27 heavy (non-hydrogen) atoms. The lowest BCUT2D eigenvalue weighted by Gasteiger charge is -2.33. The van der Waals surface area contributed by atoms with Gasteiger partial charge in [0.25, 0.3) is 0 Å². The van der Waals surface area contributed by atoms with Crippen molar-refractivity contribution < 1.29 is 4.79 Å². The van der Waals surface area contributed by atoms with Gasteiger partial charge >= 0.3 is 6.03 Å². The maximum Gasteiger partial charge on any atom is 0.317 e. The predicted molar refractivity (Wildman–Crippen MR) is 103 cm³/mol. The van der Waals surface area contributed by atoms with E-state index >= 15 is 0 Å². The first-order valence-electron chi connectivity index (χ1n) is 10.1. The number of aromatic nitrogens is 4. The highest BCUT2D eigenvalue weighted by atomic mass is 16.2. The van der Waals surface area contributed by atoms with Crippen LogP contribution in [-0.4, -0.2) is 50.2 Å². The molecule has 7 nitrogen and oxygen atoms in total. The number of urea groups is 1. The number of nitrogens with zero attached hydrogens (tertiary/aromatic N) is 4. The summed E-state index contributed by atoms with van der Waals surface area (Å²) in [6.45, 7) is 1.66. The Kier molecular flexibility index (Phi) is 5.65.